The van der Waals surface area contributed by atoms with Crippen LogP contribution in [0.2, 0.25) is 0 Å². The van der Waals surface area contributed by atoms with Crippen molar-refractivity contribution in [3.63, 3.8) is 0 Å². The first-order chi connectivity index (χ1) is 12.8. The topological polar surface area (TPSA) is 78.5 Å². The third kappa shape index (κ3) is 4.03. The zero-order valence-corrected chi connectivity index (χ0v) is 17.2. The van der Waals surface area contributed by atoms with Gasteiger partial charge in [-0.15, -0.1) is 11.3 Å². The maximum Gasteiger partial charge on any atom is 0.325 e. The lowest BCUT2D eigenvalue weighted by Crippen LogP contribution is -2.51. The average molecular weight is 392 g/mol. The van der Waals surface area contributed by atoms with Gasteiger partial charge in [0.1, 0.15) is 12.1 Å². The minimum absolute atomic E-state index is 0.221. The number of amides is 4. The first-order valence-corrected chi connectivity index (χ1v) is 10.6. The molecule has 2 fully saturated rings. The normalized spacial score (nSPS) is 25.7. The SMILES string of the molecule is CCC(C)(C)C1CCC2(CC1)NC(=O)N(CC(=O)NCc1cccs1)C2=O. The molecule has 4 amide bonds. The number of carbonyl (C=O) groups is 3. The predicted octanol–water partition coefficient (Wildman–Crippen LogP) is 3.28. The standard InChI is InChI=1S/C20H29N3O3S/c1-4-19(2,3)14-7-9-20(10-8-14)17(25)23(18(26)22-20)13-16(24)21-12-15-6-5-11-27-15/h5-6,11,14H,4,7-10,12-13H2,1-3H3,(H,21,24)(H,22,26). The summed E-state index contributed by atoms with van der Waals surface area (Å²) in [5.41, 5.74) is -0.569. The number of imide groups is 1. The minimum Gasteiger partial charge on any atom is -0.350 e. The smallest absolute Gasteiger partial charge is 0.325 e. The van der Waals surface area contributed by atoms with Crippen LogP contribution in [0, 0.1) is 11.3 Å². The molecule has 1 aliphatic carbocycles. The summed E-state index contributed by atoms with van der Waals surface area (Å²) in [6.45, 7) is 6.94. The Morgan fingerprint density at radius 3 is 2.67 bits per heavy atom. The number of carbonyl (C=O) groups excluding carboxylic acids is 3. The van der Waals surface area contributed by atoms with Crippen LogP contribution < -0.4 is 10.6 Å². The van der Waals surface area contributed by atoms with E-state index in [1.807, 2.05) is 17.5 Å². The Bertz CT molecular complexity index is 706. The van der Waals surface area contributed by atoms with Gasteiger partial charge < -0.3 is 10.6 Å². The van der Waals surface area contributed by atoms with Crippen molar-refractivity contribution in [3.8, 4) is 0 Å². The summed E-state index contributed by atoms with van der Waals surface area (Å²) in [6, 6.07) is 3.41. The molecule has 0 aromatic carbocycles. The minimum atomic E-state index is -0.814. The molecule has 7 heteroatoms. The fourth-order valence-electron chi connectivity index (χ4n) is 4.14. The second kappa shape index (κ2) is 7.62. The van der Waals surface area contributed by atoms with Gasteiger partial charge in [-0.1, -0.05) is 33.3 Å². The van der Waals surface area contributed by atoms with E-state index in [9.17, 15) is 14.4 Å². The van der Waals surface area contributed by atoms with E-state index in [4.69, 9.17) is 0 Å². The Morgan fingerprint density at radius 1 is 1.37 bits per heavy atom. The molecule has 1 aromatic rings. The van der Waals surface area contributed by atoms with Crippen molar-refractivity contribution in [1.29, 1.82) is 0 Å². The van der Waals surface area contributed by atoms with E-state index in [0.717, 1.165) is 29.0 Å². The quantitative estimate of drug-likeness (QED) is 0.731. The molecule has 3 rings (SSSR count). The van der Waals surface area contributed by atoms with Crippen molar-refractivity contribution < 1.29 is 14.4 Å². The Morgan fingerprint density at radius 2 is 2.07 bits per heavy atom. The Hall–Kier alpha value is -1.89. The highest BCUT2D eigenvalue weighted by Gasteiger charge is 2.53. The van der Waals surface area contributed by atoms with Crippen LogP contribution in [0.4, 0.5) is 4.79 Å². The van der Waals surface area contributed by atoms with Crippen LogP contribution in [0.3, 0.4) is 0 Å². The van der Waals surface area contributed by atoms with E-state index >= 15 is 0 Å². The molecule has 148 valence electrons. The van der Waals surface area contributed by atoms with Crippen molar-refractivity contribution in [1.82, 2.24) is 15.5 Å². The molecule has 1 spiro atoms. The number of urea groups is 1. The van der Waals surface area contributed by atoms with Gasteiger partial charge in [0.25, 0.3) is 5.91 Å². The summed E-state index contributed by atoms with van der Waals surface area (Å²) in [5, 5.41) is 7.61. The van der Waals surface area contributed by atoms with Gasteiger partial charge in [0.05, 0.1) is 6.54 Å². The van der Waals surface area contributed by atoms with Crippen LogP contribution in [-0.2, 0) is 16.1 Å². The number of rotatable bonds is 6. The van der Waals surface area contributed by atoms with Gasteiger partial charge in [0.15, 0.2) is 0 Å². The van der Waals surface area contributed by atoms with Crippen LogP contribution in [0.25, 0.3) is 0 Å². The zero-order chi connectivity index (χ0) is 19.7. The summed E-state index contributed by atoms with van der Waals surface area (Å²) in [7, 11) is 0. The highest BCUT2D eigenvalue weighted by atomic mass is 32.1. The summed E-state index contributed by atoms with van der Waals surface area (Å²) >= 11 is 1.56. The lowest BCUT2D eigenvalue weighted by molar-refractivity contribution is -0.136. The molecule has 2 heterocycles. The van der Waals surface area contributed by atoms with E-state index in [2.05, 4.69) is 31.4 Å². The predicted molar refractivity (Wildman–Crippen MR) is 105 cm³/mol. The van der Waals surface area contributed by atoms with E-state index in [-0.39, 0.29) is 23.8 Å². The third-order valence-corrected chi connectivity index (χ3v) is 7.32. The largest absolute Gasteiger partial charge is 0.350 e. The Balaban J connectivity index is 1.58. The maximum absolute atomic E-state index is 13.0. The highest BCUT2D eigenvalue weighted by molar-refractivity contribution is 7.09. The van der Waals surface area contributed by atoms with Gasteiger partial charge in [0.2, 0.25) is 5.91 Å². The van der Waals surface area contributed by atoms with Gasteiger partial charge in [-0.2, -0.15) is 0 Å². The van der Waals surface area contributed by atoms with E-state index in [0.29, 0.717) is 25.3 Å². The first kappa shape index (κ1) is 19.9. The number of nitrogens with zero attached hydrogens (tertiary/aromatic N) is 1. The molecule has 0 bridgehead atoms. The van der Waals surface area contributed by atoms with Crippen molar-refractivity contribution in [2.45, 2.75) is 65.0 Å². The molecule has 6 nitrogen and oxygen atoms in total. The van der Waals surface area contributed by atoms with E-state index in [1.54, 1.807) is 11.3 Å². The summed E-state index contributed by atoms with van der Waals surface area (Å²) in [4.78, 5) is 39.6. The van der Waals surface area contributed by atoms with Gasteiger partial charge in [-0.3, -0.25) is 14.5 Å². The molecule has 1 saturated carbocycles. The lowest BCUT2D eigenvalue weighted by Gasteiger charge is -2.42. The van der Waals surface area contributed by atoms with Crippen LogP contribution in [0.15, 0.2) is 17.5 Å². The number of thiophene rings is 1. The van der Waals surface area contributed by atoms with Crippen molar-refractivity contribution >= 4 is 29.2 Å². The molecule has 27 heavy (non-hydrogen) atoms. The van der Waals surface area contributed by atoms with Crippen LogP contribution in [0.1, 0.15) is 57.8 Å². The second-order valence-electron chi connectivity index (χ2n) is 8.38. The van der Waals surface area contributed by atoms with Gasteiger partial charge in [-0.05, 0) is 48.5 Å². The third-order valence-electron chi connectivity index (χ3n) is 6.44. The fourth-order valence-corrected chi connectivity index (χ4v) is 4.78. The zero-order valence-electron chi connectivity index (χ0n) is 16.3. The summed E-state index contributed by atoms with van der Waals surface area (Å²) in [6.07, 6.45) is 4.25. The molecule has 0 radical (unpaired) electrons. The van der Waals surface area contributed by atoms with E-state index in [1.165, 1.54) is 0 Å². The molecule has 1 aliphatic heterocycles. The van der Waals surface area contributed by atoms with Crippen molar-refractivity contribution in [2.24, 2.45) is 11.3 Å². The molecule has 2 N–H and O–H groups in total. The van der Waals surface area contributed by atoms with Gasteiger partial charge >= 0.3 is 6.03 Å². The summed E-state index contributed by atoms with van der Waals surface area (Å²) < 4.78 is 0. The van der Waals surface area contributed by atoms with Crippen LogP contribution in [-0.4, -0.2) is 34.8 Å². The number of hydrogen-bond acceptors (Lipinski definition) is 4. The molecule has 1 saturated heterocycles. The van der Waals surface area contributed by atoms with Crippen molar-refractivity contribution in [3.05, 3.63) is 22.4 Å². The van der Waals surface area contributed by atoms with Crippen molar-refractivity contribution in [2.75, 3.05) is 6.54 Å². The van der Waals surface area contributed by atoms with Gasteiger partial charge in [0, 0.05) is 4.88 Å². The highest BCUT2D eigenvalue weighted by Crippen LogP contribution is 2.45. The first-order valence-electron chi connectivity index (χ1n) is 9.70. The molecule has 2 aliphatic rings. The molecule has 1 aromatic heterocycles. The lowest BCUT2D eigenvalue weighted by atomic mass is 9.65. The fraction of sp³-hybridized carbons (Fsp3) is 0.650. The molecule has 0 atom stereocenters. The maximum atomic E-state index is 13.0. The van der Waals surface area contributed by atoms with E-state index < -0.39 is 11.6 Å². The Labute approximate surface area is 164 Å². The molecular formula is C20H29N3O3S. The summed E-state index contributed by atoms with van der Waals surface area (Å²) in [5.74, 6) is -0.00254. The van der Waals surface area contributed by atoms with Gasteiger partial charge in [-0.25, -0.2) is 4.79 Å². The van der Waals surface area contributed by atoms with Crippen LogP contribution >= 0.6 is 11.3 Å². The average Bonchev–Trinajstić information content (AvgIpc) is 3.24. The number of hydrogen-bond donors (Lipinski definition) is 2. The molecule has 0 unspecified atom stereocenters. The Kier molecular flexibility index (Phi) is 5.60. The monoisotopic (exact) mass is 391 g/mol. The molecular weight excluding hydrogens is 362 g/mol. The van der Waals surface area contributed by atoms with Crippen LogP contribution in [0.5, 0.6) is 0 Å². The second-order valence-corrected chi connectivity index (χ2v) is 9.41. The number of nitrogens with one attached hydrogen (secondary N) is 2.